The number of rotatable bonds is 4. The second-order valence-corrected chi connectivity index (χ2v) is 7.33. The minimum absolute atomic E-state index is 0.0231. The van der Waals surface area contributed by atoms with Gasteiger partial charge in [0.15, 0.2) is 11.6 Å². The smallest absolute Gasteiger partial charge is 0.274 e. The van der Waals surface area contributed by atoms with E-state index in [-0.39, 0.29) is 28.3 Å². The Balaban J connectivity index is 1.62. The van der Waals surface area contributed by atoms with E-state index < -0.39 is 18.3 Å². The van der Waals surface area contributed by atoms with Gasteiger partial charge in [0.25, 0.3) is 17.4 Å². The summed E-state index contributed by atoms with van der Waals surface area (Å²) < 4.78 is 30.1. The molecule has 0 aliphatic carbocycles. The second-order valence-electron chi connectivity index (χ2n) is 6.96. The van der Waals surface area contributed by atoms with Crippen molar-refractivity contribution in [3.05, 3.63) is 68.9 Å². The van der Waals surface area contributed by atoms with Gasteiger partial charge in [0.1, 0.15) is 0 Å². The number of nitrogens with one attached hydrogen (secondary N) is 1. The zero-order valence-electron chi connectivity index (χ0n) is 16.0. The predicted octanol–water partition coefficient (Wildman–Crippen LogP) is 3.44. The van der Waals surface area contributed by atoms with Gasteiger partial charge in [-0.05, 0) is 18.2 Å². The van der Waals surface area contributed by atoms with Crippen molar-refractivity contribution in [2.24, 2.45) is 0 Å². The minimum Gasteiger partial charge on any atom is -0.329 e. The summed E-state index contributed by atoms with van der Waals surface area (Å²) in [5.74, 6) is -2.66. The Morgan fingerprint density at radius 1 is 1.23 bits per heavy atom. The van der Waals surface area contributed by atoms with Crippen LogP contribution in [0.4, 0.5) is 8.78 Å². The van der Waals surface area contributed by atoms with Crippen LogP contribution in [0.1, 0.15) is 35.1 Å². The predicted molar refractivity (Wildman–Crippen MR) is 106 cm³/mol. The van der Waals surface area contributed by atoms with E-state index in [2.05, 4.69) is 15.2 Å². The molecule has 1 aromatic carbocycles. The molecule has 3 heterocycles. The molecule has 1 amide bonds. The first-order valence-electron chi connectivity index (χ1n) is 9.39. The van der Waals surface area contributed by atoms with Crippen molar-refractivity contribution in [3.8, 4) is 11.4 Å². The molecular weight excluding hydrogens is 416 g/mol. The highest BCUT2D eigenvalue weighted by molar-refractivity contribution is 6.34. The molecule has 0 radical (unpaired) electrons. The van der Waals surface area contributed by atoms with Crippen LogP contribution in [0.3, 0.4) is 0 Å². The molecule has 0 saturated heterocycles. The molecule has 3 aromatic rings. The van der Waals surface area contributed by atoms with E-state index in [1.54, 1.807) is 16.7 Å². The number of hydrogen-bond acceptors (Lipinski definition) is 4. The summed E-state index contributed by atoms with van der Waals surface area (Å²) in [6.45, 7) is 2.14. The van der Waals surface area contributed by atoms with Crippen molar-refractivity contribution in [2.75, 3.05) is 6.54 Å². The minimum atomic E-state index is -3.12. The third kappa shape index (κ3) is 3.39. The van der Waals surface area contributed by atoms with E-state index in [0.717, 1.165) is 0 Å². The zero-order valence-corrected chi connectivity index (χ0v) is 16.8. The van der Waals surface area contributed by atoms with E-state index in [9.17, 15) is 18.4 Å². The number of nitrogens with zero attached hydrogens (tertiary/aromatic N) is 4. The van der Waals surface area contributed by atoms with Gasteiger partial charge < -0.3 is 14.5 Å². The fourth-order valence-corrected chi connectivity index (χ4v) is 3.81. The average molecular weight is 434 g/mol. The fraction of sp³-hybridized carbons (Fsp3) is 0.300. The molecular formula is C20H18ClF2N5O2. The molecule has 1 aliphatic rings. The molecule has 0 spiro atoms. The SMILES string of the molecule is CCC(F)(F)c1cccc(C(=O)N2CCn3c(nnc3-c3ccc[nH]c3=O)C2)c1Cl. The van der Waals surface area contributed by atoms with Crippen molar-refractivity contribution in [3.63, 3.8) is 0 Å². The molecule has 1 N–H and O–H groups in total. The summed E-state index contributed by atoms with van der Waals surface area (Å²) in [6, 6.07) is 7.42. The molecule has 2 aromatic heterocycles. The van der Waals surface area contributed by atoms with Gasteiger partial charge in [-0.25, -0.2) is 8.78 Å². The largest absolute Gasteiger partial charge is 0.329 e. The first-order valence-corrected chi connectivity index (χ1v) is 9.77. The lowest BCUT2D eigenvalue weighted by molar-refractivity contribution is -0.00822. The lowest BCUT2D eigenvalue weighted by Gasteiger charge is -2.28. The van der Waals surface area contributed by atoms with E-state index in [1.165, 1.54) is 36.2 Å². The van der Waals surface area contributed by atoms with Crippen LogP contribution in [0.25, 0.3) is 11.4 Å². The number of hydrogen-bond donors (Lipinski definition) is 1. The molecule has 0 saturated carbocycles. The van der Waals surface area contributed by atoms with E-state index >= 15 is 0 Å². The highest BCUT2D eigenvalue weighted by Gasteiger charge is 2.34. The average Bonchev–Trinajstić information content (AvgIpc) is 3.16. The van der Waals surface area contributed by atoms with Gasteiger partial charge in [-0.2, -0.15) is 0 Å². The normalized spacial score (nSPS) is 13.9. The molecule has 10 heteroatoms. The van der Waals surface area contributed by atoms with Gasteiger partial charge in [-0.1, -0.05) is 30.7 Å². The Kier molecular flexibility index (Phi) is 5.15. The van der Waals surface area contributed by atoms with Gasteiger partial charge in [0.05, 0.1) is 22.7 Å². The number of amides is 1. The van der Waals surface area contributed by atoms with Crippen molar-refractivity contribution in [1.29, 1.82) is 0 Å². The molecule has 0 atom stereocenters. The maximum Gasteiger partial charge on any atom is 0.274 e. The lowest BCUT2D eigenvalue weighted by Crippen LogP contribution is -2.39. The lowest BCUT2D eigenvalue weighted by atomic mass is 10.0. The summed E-state index contributed by atoms with van der Waals surface area (Å²) in [6.07, 6.45) is 1.11. The fourth-order valence-electron chi connectivity index (χ4n) is 3.47. The first-order chi connectivity index (χ1) is 14.3. The quantitative estimate of drug-likeness (QED) is 0.683. The van der Waals surface area contributed by atoms with Crippen LogP contribution in [-0.2, 0) is 19.0 Å². The van der Waals surface area contributed by atoms with E-state index in [0.29, 0.717) is 30.3 Å². The number of aromatic amines is 1. The number of benzene rings is 1. The van der Waals surface area contributed by atoms with Gasteiger partial charge in [0.2, 0.25) is 0 Å². The molecule has 7 nitrogen and oxygen atoms in total. The van der Waals surface area contributed by atoms with E-state index in [1.807, 2.05) is 0 Å². The zero-order chi connectivity index (χ0) is 21.5. The van der Waals surface area contributed by atoms with Crippen molar-refractivity contribution in [1.82, 2.24) is 24.6 Å². The molecule has 30 heavy (non-hydrogen) atoms. The number of pyridine rings is 1. The third-order valence-corrected chi connectivity index (χ3v) is 5.57. The summed E-state index contributed by atoms with van der Waals surface area (Å²) >= 11 is 6.19. The molecule has 4 rings (SSSR count). The topological polar surface area (TPSA) is 83.9 Å². The Bertz CT molecular complexity index is 1170. The molecule has 1 aliphatic heterocycles. The van der Waals surface area contributed by atoms with Crippen LogP contribution in [0.2, 0.25) is 5.02 Å². The Hall–Kier alpha value is -3.07. The second kappa shape index (κ2) is 7.64. The van der Waals surface area contributed by atoms with Crippen LogP contribution in [0.15, 0.2) is 41.3 Å². The Morgan fingerprint density at radius 3 is 2.77 bits per heavy atom. The van der Waals surface area contributed by atoms with Gasteiger partial charge >= 0.3 is 0 Å². The summed E-state index contributed by atoms with van der Waals surface area (Å²) in [5.41, 5.74) is -0.238. The number of alkyl halides is 2. The standard InChI is InChI=1S/C20H18ClF2N5O2/c1-2-20(22,23)14-7-3-5-12(16(14)21)19(30)27-9-10-28-15(11-27)25-26-17(28)13-6-4-8-24-18(13)29/h3-8H,2,9-11H2,1H3,(H,24,29). The highest BCUT2D eigenvalue weighted by Crippen LogP contribution is 2.38. The van der Waals surface area contributed by atoms with E-state index in [4.69, 9.17) is 11.6 Å². The van der Waals surface area contributed by atoms with Crippen LogP contribution in [0, 0.1) is 0 Å². The first kappa shape index (κ1) is 20.2. The maximum atomic E-state index is 14.2. The summed E-state index contributed by atoms with van der Waals surface area (Å²) in [7, 11) is 0. The van der Waals surface area contributed by atoms with Gasteiger partial charge in [-0.15, -0.1) is 10.2 Å². The molecule has 0 fully saturated rings. The van der Waals surface area contributed by atoms with Gasteiger partial charge in [-0.3, -0.25) is 9.59 Å². The van der Waals surface area contributed by atoms with Crippen molar-refractivity contribution >= 4 is 17.5 Å². The molecule has 0 unspecified atom stereocenters. The van der Waals surface area contributed by atoms with Crippen molar-refractivity contribution < 1.29 is 13.6 Å². The van der Waals surface area contributed by atoms with Crippen LogP contribution >= 0.6 is 11.6 Å². The Morgan fingerprint density at radius 2 is 2.03 bits per heavy atom. The number of halogens is 3. The molecule has 156 valence electrons. The summed E-state index contributed by atoms with van der Waals surface area (Å²) in [4.78, 5) is 29.2. The van der Waals surface area contributed by atoms with Gasteiger partial charge in [0, 0.05) is 31.3 Å². The highest BCUT2D eigenvalue weighted by atomic mass is 35.5. The van der Waals surface area contributed by atoms with Crippen molar-refractivity contribution in [2.45, 2.75) is 32.4 Å². The number of aromatic nitrogens is 4. The Labute approximate surface area is 175 Å². The number of carbonyl (C=O) groups excluding carboxylic acids is 1. The number of H-pyrrole nitrogens is 1. The number of fused-ring (bicyclic) bond motifs is 1. The third-order valence-electron chi connectivity index (χ3n) is 5.17. The van der Waals surface area contributed by atoms with Crippen LogP contribution in [-0.4, -0.2) is 37.1 Å². The summed E-state index contributed by atoms with van der Waals surface area (Å²) in [5, 5.41) is 7.97. The maximum absolute atomic E-state index is 14.2. The number of carbonyl (C=O) groups is 1. The monoisotopic (exact) mass is 433 g/mol. The molecule has 0 bridgehead atoms. The van der Waals surface area contributed by atoms with Crippen LogP contribution in [0.5, 0.6) is 0 Å². The van der Waals surface area contributed by atoms with Crippen LogP contribution < -0.4 is 5.56 Å².